The summed E-state index contributed by atoms with van der Waals surface area (Å²) in [5.74, 6) is 1.40. The maximum absolute atomic E-state index is 5.82. The summed E-state index contributed by atoms with van der Waals surface area (Å²) >= 11 is 0. The third-order valence-electron chi connectivity index (χ3n) is 4.10. The van der Waals surface area contributed by atoms with E-state index >= 15 is 0 Å². The molecule has 1 aliphatic carbocycles. The molecule has 0 fully saturated rings. The third-order valence-corrected chi connectivity index (χ3v) is 4.10. The van der Waals surface area contributed by atoms with Crippen molar-refractivity contribution < 1.29 is 9.25 Å². The van der Waals surface area contributed by atoms with Crippen LogP contribution in [0.1, 0.15) is 35.1 Å². The number of likely N-dealkylation sites (N-methyl/N-ethyl adjacent to an activating group) is 1. The van der Waals surface area contributed by atoms with Crippen LogP contribution in [0, 0.1) is 6.92 Å². The van der Waals surface area contributed by atoms with Crippen molar-refractivity contribution in [2.45, 2.75) is 25.7 Å². The number of hydrogen-bond acceptors (Lipinski definition) is 7. The molecule has 1 unspecified atom stereocenters. The van der Waals surface area contributed by atoms with Crippen LogP contribution in [0.5, 0.6) is 0 Å². The van der Waals surface area contributed by atoms with Crippen molar-refractivity contribution in [3.8, 4) is 0 Å². The summed E-state index contributed by atoms with van der Waals surface area (Å²) in [5.41, 5.74) is 9.38. The number of aromatic nitrogens is 2. The summed E-state index contributed by atoms with van der Waals surface area (Å²) in [7, 11) is 4.00. The Balaban J connectivity index is 1.90. The van der Waals surface area contributed by atoms with Gasteiger partial charge in [-0.15, -0.1) is 0 Å². The molecule has 2 heterocycles. The van der Waals surface area contributed by atoms with Gasteiger partial charge in [0.2, 0.25) is 5.95 Å². The SMILES string of the molecule is Cc1nc(N)nc2c1C(=NOCCN(C)C)CC(c1ccco1)C2. The lowest BCUT2D eigenvalue weighted by Crippen LogP contribution is -2.24. The lowest BCUT2D eigenvalue weighted by molar-refractivity contribution is 0.125. The first-order valence-electron chi connectivity index (χ1n) is 8.05. The monoisotopic (exact) mass is 329 g/mol. The summed E-state index contributed by atoms with van der Waals surface area (Å²) in [6.07, 6.45) is 3.18. The molecule has 0 aromatic carbocycles. The van der Waals surface area contributed by atoms with Crippen LogP contribution < -0.4 is 5.73 Å². The van der Waals surface area contributed by atoms with Crippen LogP contribution in [-0.2, 0) is 11.3 Å². The Morgan fingerprint density at radius 3 is 2.92 bits per heavy atom. The van der Waals surface area contributed by atoms with Gasteiger partial charge in [-0.3, -0.25) is 0 Å². The fourth-order valence-corrected chi connectivity index (χ4v) is 2.97. The maximum Gasteiger partial charge on any atom is 0.220 e. The van der Waals surface area contributed by atoms with Gasteiger partial charge in [-0.1, -0.05) is 5.16 Å². The van der Waals surface area contributed by atoms with Crippen molar-refractivity contribution in [3.05, 3.63) is 41.1 Å². The van der Waals surface area contributed by atoms with Gasteiger partial charge in [-0.25, -0.2) is 9.97 Å². The molecular weight excluding hydrogens is 306 g/mol. The number of nitrogens with two attached hydrogens (primary N) is 1. The predicted octanol–water partition coefficient (Wildman–Crippen LogP) is 1.97. The average Bonchev–Trinajstić information content (AvgIpc) is 3.04. The van der Waals surface area contributed by atoms with Crippen molar-refractivity contribution >= 4 is 11.7 Å². The molecule has 0 radical (unpaired) electrons. The van der Waals surface area contributed by atoms with Gasteiger partial charge in [0.1, 0.15) is 12.4 Å². The fraction of sp³-hybridized carbons (Fsp3) is 0.471. The minimum atomic E-state index is 0.178. The molecule has 2 N–H and O–H groups in total. The molecule has 7 heteroatoms. The molecular formula is C17H23N5O2. The van der Waals surface area contributed by atoms with Crippen molar-refractivity contribution in [3.63, 3.8) is 0 Å². The van der Waals surface area contributed by atoms with Crippen molar-refractivity contribution in [2.24, 2.45) is 5.16 Å². The Kier molecular flexibility index (Phi) is 4.80. The molecule has 2 aromatic heterocycles. The van der Waals surface area contributed by atoms with E-state index in [1.807, 2.05) is 33.2 Å². The molecule has 2 aromatic rings. The van der Waals surface area contributed by atoms with Gasteiger partial charge in [0, 0.05) is 30.9 Å². The largest absolute Gasteiger partial charge is 0.469 e. The third kappa shape index (κ3) is 3.56. The number of nitrogen functional groups attached to an aromatic ring is 1. The second kappa shape index (κ2) is 7.00. The Bertz CT molecular complexity index is 725. The summed E-state index contributed by atoms with van der Waals surface area (Å²) in [4.78, 5) is 16.3. The standard InChI is InChI=1S/C17H23N5O2/c1-11-16-13(20-17(18)19-11)9-12(15-5-4-7-23-15)10-14(16)21-24-8-6-22(2)3/h4-5,7,12H,6,8-10H2,1-3H3,(H2,18,19,20). The second-order valence-corrected chi connectivity index (χ2v) is 6.28. The molecule has 3 rings (SSSR count). The number of rotatable bonds is 5. The number of fused-ring (bicyclic) bond motifs is 1. The normalized spacial score (nSPS) is 18.8. The molecule has 0 aliphatic heterocycles. The van der Waals surface area contributed by atoms with Crippen LogP contribution in [0.3, 0.4) is 0 Å². The summed E-state index contributed by atoms with van der Waals surface area (Å²) in [6.45, 7) is 3.27. The molecule has 0 saturated heterocycles. The number of anilines is 1. The zero-order chi connectivity index (χ0) is 17.1. The highest BCUT2D eigenvalue weighted by molar-refractivity contribution is 6.03. The van der Waals surface area contributed by atoms with E-state index in [0.717, 1.165) is 47.8 Å². The quantitative estimate of drug-likeness (QED) is 0.666. The van der Waals surface area contributed by atoms with Crippen molar-refractivity contribution in [1.29, 1.82) is 0 Å². The minimum Gasteiger partial charge on any atom is -0.469 e. The molecule has 1 atom stereocenters. The highest BCUT2D eigenvalue weighted by Crippen LogP contribution is 2.33. The molecule has 0 spiro atoms. The van der Waals surface area contributed by atoms with Crippen molar-refractivity contribution in [2.75, 3.05) is 33.0 Å². The summed E-state index contributed by atoms with van der Waals surface area (Å²) in [6, 6.07) is 3.88. The molecule has 0 amide bonds. The first-order chi connectivity index (χ1) is 11.5. The van der Waals surface area contributed by atoms with Gasteiger partial charge in [0.15, 0.2) is 0 Å². The zero-order valence-electron chi connectivity index (χ0n) is 14.3. The molecule has 24 heavy (non-hydrogen) atoms. The van der Waals surface area contributed by atoms with E-state index in [1.54, 1.807) is 6.26 Å². The lowest BCUT2D eigenvalue weighted by atomic mass is 9.83. The van der Waals surface area contributed by atoms with Crippen LogP contribution in [0.2, 0.25) is 0 Å². The maximum atomic E-state index is 5.82. The smallest absolute Gasteiger partial charge is 0.220 e. The minimum absolute atomic E-state index is 0.178. The summed E-state index contributed by atoms with van der Waals surface area (Å²) < 4.78 is 5.58. The second-order valence-electron chi connectivity index (χ2n) is 6.28. The summed E-state index contributed by atoms with van der Waals surface area (Å²) in [5, 5.41) is 4.37. The Morgan fingerprint density at radius 2 is 2.21 bits per heavy atom. The van der Waals surface area contributed by atoms with E-state index in [2.05, 4.69) is 20.0 Å². The molecule has 0 bridgehead atoms. The Morgan fingerprint density at radius 1 is 1.38 bits per heavy atom. The van der Waals surface area contributed by atoms with E-state index < -0.39 is 0 Å². The number of oxime groups is 1. The van der Waals surface area contributed by atoms with E-state index in [-0.39, 0.29) is 5.92 Å². The van der Waals surface area contributed by atoms with Crippen molar-refractivity contribution in [1.82, 2.24) is 14.9 Å². The van der Waals surface area contributed by atoms with Gasteiger partial charge in [-0.2, -0.15) is 0 Å². The predicted molar refractivity (Wildman–Crippen MR) is 92.0 cm³/mol. The van der Waals surface area contributed by atoms with E-state index in [0.29, 0.717) is 12.6 Å². The Hall–Kier alpha value is -2.41. The van der Waals surface area contributed by atoms with Gasteiger partial charge in [0.25, 0.3) is 0 Å². The number of nitrogens with zero attached hydrogens (tertiary/aromatic N) is 4. The van der Waals surface area contributed by atoms with E-state index in [1.165, 1.54) is 0 Å². The molecule has 7 nitrogen and oxygen atoms in total. The molecule has 0 saturated carbocycles. The molecule has 128 valence electrons. The first kappa shape index (κ1) is 16.4. The number of aryl methyl sites for hydroxylation is 1. The van der Waals surface area contributed by atoms with Crippen LogP contribution >= 0.6 is 0 Å². The zero-order valence-corrected chi connectivity index (χ0v) is 14.3. The van der Waals surface area contributed by atoms with Gasteiger partial charge in [-0.05, 0) is 33.2 Å². The highest BCUT2D eigenvalue weighted by Gasteiger charge is 2.30. The first-order valence-corrected chi connectivity index (χ1v) is 8.05. The van der Waals surface area contributed by atoms with Crippen LogP contribution in [0.25, 0.3) is 0 Å². The van der Waals surface area contributed by atoms with E-state index in [9.17, 15) is 0 Å². The van der Waals surface area contributed by atoms with Gasteiger partial charge >= 0.3 is 0 Å². The van der Waals surface area contributed by atoms with Gasteiger partial charge < -0.3 is 19.9 Å². The number of furan rings is 1. The van der Waals surface area contributed by atoms with Crippen LogP contribution in [0.15, 0.2) is 28.0 Å². The number of hydrogen-bond donors (Lipinski definition) is 1. The van der Waals surface area contributed by atoms with Gasteiger partial charge in [0.05, 0.1) is 23.4 Å². The Labute approximate surface area is 141 Å². The average molecular weight is 329 g/mol. The lowest BCUT2D eigenvalue weighted by Gasteiger charge is -2.24. The fourth-order valence-electron chi connectivity index (χ4n) is 2.97. The molecule has 1 aliphatic rings. The van der Waals surface area contributed by atoms with E-state index in [4.69, 9.17) is 15.0 Å². The van der Waals surface area contributed by atoms with Crippen LogP contribution in [0.4, 0.5) is 5.95 Å². The van der Waals surface area contributed by atoms with Crippen LogP contribution in [-0.4, -0.2) is 47.8 Å². The highest BCUT2D eigenvalue weighted by atomic mass is 16.6. The topological polar surface area (TPSA) is 89.8 Å².